The highest BCUT2D eigenvalue weighted by Gasteiger charge is 2.47. The zero-order valence-corrected chi connectivity index (χ0v) is 13.6. The molecule has 0 aromatic carbocycles. The van der Waals surface area contributed by atoms with E-state index in [1.807, 2.05) is 0 Å². The van der Waals surface area contributed by atoms with Crippen LogP contribution in [0.4, 0.5) is 0 Å². The van der Waals surface area contributed by atoms with Gasteiger partial charge >= 0.3 is 0 Å². The molecule has 24 heavy (non-hydrogen) atoms. The minimum atomic E-state index is -1.53. The molecular weight excluding hydrogens is 350 g/mol. The molecule has 9 N–H and O–H groups in total. The fourth-order valence-corrected chi connectivity index (χ4v) is 3.14. The van der Waals surface area contributed by atoms with E-state index in [4.69, 9.17) is 9.84 Å². The molecule has 10 nitrogen and oxygen atoms in total. The second-order valence-electron chi connectivity index (χ2n) is 6.14. The number of rotatable bonds is 4. The van der Waals surface area contributed by atoms with Gasteiger partial charge < -0.3 is 50.9 Å². The maximum absolute atomic E-state index is 10.0. The van der Waals surface area contributed by atoms with Gasteiger partial charge in [0.15, 0.2) is 0 Å². The maximum atomic E-state index is 10.0. The van der Waals surface area contributed by atoms with Crippen LogP contribution in [-0.4, -0.2) is 115 Å². The summed E-state index contributed by atoms with van der Waals surface area (Å²) in [4.78, 5) is 0. The fraction of sp³-hybridized carbons (Fsp3) is 1.00. The van der Waals surface area contributed by atoms with Crippen molar-refractivity contribution in [1.29, 1.82) is 0 Å². The van der Waals surface area contributed by atoms with E-state index in [1.54, 1.807) is 0 Å². The summed E-state index contributed by atoms with van der Waals surface area (Å²) in [5, 5.41) is 80.1. The van der Waals surface area contributed by atoms with E-state index in [2.05, 4.69) is 5.32 Å². The standard InChI is InChI=1S/C13H25NO9.ClH/c15-2-5-9(18)12(21)8(17)4(14-5)1-6-10(19)13(22)11(20)7(3-16)23-6;/h4-22H,1-3H2;1H. The van der Waals surface area contributed by atoms with E-state index in [9.17, 15) is 35.7 Å². The van der Waals surface area contributed by atoms with Gasteiger partial charge in [-0.15, -0.1) is 12.4 Å². The molecule has 11 heteroatoms. The summed E-state index contributed by atoms with van der Waals surface area (Å²) in [5.41, 5.74) is 0. The molecule has 0 aromatic heterocycles. The molecule has 2 aliphatic heterocycles. The van der Waals surface area contributed by atoms with Crippen LogP contribution < -0.4 is 5.32 Å². The zero-order chi connectivity index (χ0) is 17.3. The van der Waals surface area contributed by atoms with Gasteiger partial charge in [0.2, 0.25) is 0 Å². The van der Waals surface area contributed by atoms with Crippen molar-refractivity contribution >= 4 is 12.4 Å². The van der Waals surface area contributed by atoms with Crippen molar-refractivity contribution in [3.63, 3.8) is 0 Å². The third-order valence-corrected chi connectivity index (χ3v) is 4.63. The first-order chi connectivity index (χ1) is 10.8. The summed E-state index contributed by atoms with van der Waals surface area (Å²) in [6.45, 7) is -1.04. The van der Waals surface area contributed by atoms with Crippen LogP contribution in [0.1, 0.15) is 6.42 Å². The largest absolute Gasteiger partial charge is 0.395 e. The Morgan fingerprint density at radius 1 is 0.625 bits per heavy atom. The monoisotopic (exact) mass is 375 g/mol. The predicted octanol–water partition coefficient (Wildman–Crippen LogP) is -4.94. The lowest BCUT2D eigenvalue weighted by Crippen LogP contribution is -2.67. The van der Waals surface area contributed by atoms with Gasteiger partial charge in [0, 0.05) is 6.04 Å². The van der Waals surface area contributed by atoms with Crippen molar-refractivity contribution in [1.82, 2.24) is 5.32 Å². The highest BCUT2D eigenvalue weighted by Crippen LogP contribution is 2.27. The smallest absolute Gasteiger partial charge is 0.111 e. The van der Waals surface area contributed by atoms with Crippen molar-refractivity contribution in [3.05, 3.63) is 0 Å². The quantitative estimate of drug-likeness (QED) is 0.231. The Hall–Kier alpha value is -0.110. The van der Waals surface area contributed by atoms with Crippen molar-refractivity contribution in [2.45, 2.75) is 67.3 Å². The second kappa shape index (κ2) is 9.01. The average Bonchev–Trinajstić information content (AvgIpc) is 2.55. The molecule has 2 aliphatic rings. The molecule has 0 aromatic rings. The minimum Gasteiger partial charge on any atom is -0.395 e. The summed E-state index contributed by atoms with van der Waals surface area (Å²) < 4.78 is 5.34. The molecule has 10 unspecified atom stereocenters. The van der Waals surface area contributed by atoms with Crippen molar-refractivity contribution in [2.75, 3.05) is 13.2 Å². The first kappa shape index (κ1) is 21.9. The van der Waals surface area contributed by atoms with E-state index < -0.39 is 74.1 Å². The van der Waals surface area contributed by atoms with E-state index in [1.165, 1.54) is 0 Å². The number of hydrogen-bond donors (Lipinski definition) is 9. The summed E-state index contributed by atoms with van der Waals surface area (Å²) in [5.74, 6) is 0. The summed E-state index contributed by atoms with van der Waals surface area (Å²) in [6.07, 6.45) is -10.9. The first-order valence-electron chi connectivity index (χ1n) is 7.53. The van der Waals surface area contributed by atoms with Gasteiger partial charge in [0.1, 0.15) is 30.5 Å². The Labute approximate surface area is 144 Å². The normalized spacial score (nSPS) is 49.5. The molecule has 0 spiro atoms. The Kier molecular flexibility index (Phi) is 8.23. The molecule has 0 bridgehead atoms. The summed E-state index contributed by atoms with van der Waals surface area (Å²) in [7, 11) is 0. The Morgan fingerprint density at radius 3 is 1.67 bits per heavy atom. The Bertz CT molecular complexity index is 354. The molecule has 2 rings (SSSR count). The van der Waals surface area contributed by atoms with Crippen LogP contribution in [-0.2, 0) is 4.74 Å². The number of hydrogen-bond acceptors (Lipinski definition) is 10. The third-order valence-electron chi connectivity index (χ3n) is 4.63. The van der Waals surface area contributed by atoms with Crippen LogP contribution in [0, 0.1) is 0 Å². The minimum absolute atomic E-state index is 0. The number of ether oxygens (including phenoxy) is 1. The highest BCUT2D eigenvalue weighted by atomic mass is 35.5. The van der Waals surface area contributed by atoms with Crippen LogP contribution in [0.25, 0.3) is 0 Å². The van der Waals surface area contributed by atoms with E-state index in [-0.39, 0.29) is 18.8 Å². The van der Waals surface area contributed by atoms with Crippen LogP contribution in [0.15, 0.2) is 0 Å². The number of halogens is 1. The molecule has 0 amide bonds. The van der Waals surface area contributed by atoms with Crippen LogP contribution in [0.2, 0.25) is 0 Å². The summed E-state index contributed by atoms with van der Waals surface area (Å²) >= 11 is 0. The van der Waals surface area contributed by atoms with E-state index >= 15 is 0 Å². The van der Waals surface area contributed by atoms with Crippen molar-refractivity contribution < 1.29 is 45.6 Å². The third kappa shape index (κ3) is 4.17. The Balaban J connectivity index is 0.00000288. The average molecular weight is 376 g/mol. The molecule has 144 valence electrons. The van der Waals surface area contributed by atoms with Crippen LogP contribution >= 0.6 is 12.4 Å². The molecule has 0 aliphatic carbocycles. The first-order valence-corrected chi connectivity index (χ1v) is 7.53. The highest BCUT2D eigenvalue weighted by molar-refractivity contribution is 5.85. The number of aliphatic hydroxyl groups excluding tert-OH is 8. The molecule has 10 atom stereocenters. The van der Waals surface area contributed by atoms with Crippen molar-refractivity contribution in [2.24, 2.45) is 0 Å². The SMILES string of the molecule is Cl.OCC1NC(CC2OC(CO)C(O)C(O)C2O)C(O)C(O)C1O. The van der Waals surface area contributed by atoms with Crippen LogP contribution in [0.5, 0.6) is 0 Å². The topological polar surface area (TPSA) is 183 Å². The lowest BCUT2D eigenvalue weighted by Gasteiger charge is -2.45. The molecule has 2 heterocycles. The zero-order valence-electron chi connectivity index (χ0n) is 12.8. The number of nitrogens with one attached hydrogen (secondary N) is 1. The fourth-order valence-electron chi connectivity index (χ4n) is 3.14. The van der Waals surface area contributed by atoms with Gasteiger partial charge in [-0.3, -0.25) is 0 Å². The van der Waals surface area contributed by atoms with Crippen LogP contribution in [0.3, 0.4) is 0 Å². The number of aliphatic hydroxyl groups is 8. The second-order valence-corrected chi connectivity index (χ2v) is 6.14. The van der Waals surface area contributed by atoms with Gasteiger partial charge in [-0.2, -0.15) is 0 Å². The number of piperidine rings is 1. The van der Waals surface area contributed by atoms with E-state index in [0.717, 1.165) is 0 Å². The van der Waals surface area contributed by atoms with Gasteiger partial charge in [0.05, 0.1) is 37.6 Å². The molecular formula is C13H26ClNO9. The van der Waals surface area contributed by atoms with Gasteiger partial charge in [-0.1, -0.05) is 0 Å². The van der Waals surface area contributed by atoms with Gasteiger partial charge in [-0.05, 0) is 6.42 Å². The lowest BCUT2D eigenvalue weighted by atomic mass is 9.85. The molecule has 2 saturated heterocycles. The van der Waals surface area contributed by atoms with E-state index in [0.29, 0.717) is 0 Å². The maximum Gasteiger partial charge on any atom is 0.111 e. The van der Waals surface area contributed by atoms with Gasteiger partial charge in [0.25, 0.3) is 0 Å². The molecule has 0 saturated carbocycles. The van der Waals surface area contributed by atoms with Crippen molar-refractivity contribution in [3.8, 4) is 0 Å². The van der Waals surface area contributed by atoms with Gasteiger partial charge in [-0.25, -0.2) is 0 Å². The molecule has 2 fully saturated rings. The predicted molar refractivity (Wildman–Crippen MR) is 81.5 cm³/mol. The Morgan fingerprint density at radius 2 is 1.12 bits per heavy atom. The molecule has 0 radical (unpaired) electrons. The lowest BCUT2D eigenvalue weighted by molar-refractivity contribution is -0.235. The summed E-state index contributed by atoms with van der Waals surface area (Å²) in [6, 6.07) is -1.71.